The zero-order valence-corrected chi connectivity index (χ0v) is 6.64. The maximum Gasteiger partial charge on any atom is 0.0655 e. The molecule has 0 aromatic rings. The first kappa shape index (κ1) is 7.60. The fourth-order valence-electron chi connectivity index (χ4n) is 1.70. The maximum absolute atomic E-state index is 8.60. The maximum atomic E-state index is 8.60. The second kappa shape index (κ2) is 3.61. The lowest BCUT2D eigenvalue weighted by molar-refractivity contribution is 0.308. The van der Waals surface area contributed by atoms with Crippen LogP contribution in [-0.2, 0) is 0 Å². The Morgan fingerprint density at radius 2 is 1.90 bits per heavy atom. The van der Waals surface area contributed by atoms with Crippen LogP contribution in [0, 0.1) is 23.2 Å². The van der Waals surface area contributed by atoms with Gasteiger partial charge in [-0.1, -0.05) is 13.3 Å². The molecule has 1 nitrogen and oxygen atoms in total. The van der Waals surface area contributed by atoms with Crippen molar-refractivity contribution in [2.24, 2.45) is 11.8 Å². The van der Waals surface area contributed by atoms with Gasteiger partial charge in [0.15, 0.2) is 0 Å². The van der Waals surface area contributed by atoms with Crippen molar-refractivity contribution >= 4 is 0 Å². The Kier molecular flexibility index (Phi) is 2.74. The Morgan fingerprint density at radius 1 is 1.30 bits per heavy atom. The average Bonchev–Trinajstić information content (AvgIpc) is 2.05. The number of rotatable bonds is 1. The lowest BCUT2D eigenvalue weighted by Crippen LogP contribution is -2.12. The van der Waals surface area contributed by atoms with E-state index in [1.54, 1.807) is 0 Å². The summed E-state index contributed by atoms with van der Waals surface area (Å²) in [5.74, 6) is 1.30. The molecule has 0 saturated heterocycles. The fourth-order valence-corrected chi connectivity index (χ4v) is 1.70. The molecule has 0 atom stereocenters. The summed E-state index contributed by atoms with van der Waals surface area (Å²) in [4.78, 5) is 0. The van der Waals surface area contributed by atoms with Crippen molar-refractivity contribution in [1.29, 1.82) is 5.26 Å². The third kappa shape index (κ3) is 1.73. The first-order chi connectivity index (χ1) is 4.86. The second-order valence-corrected chi connectivity index (χ2v) is 3.25. The van der Waals surface area contributed by atoms with Crippen LogP contribution in [-0.4, -0.2) is 0 Å². The van der Waals surface area contributed by atoms with Crippen LogP contribution in [0.1, 0.15) is 39.0 Å². The molecule has 1 fully saturated rings. The van der Waals surface area contributed by atoms with Gasteiger partial charge < -0.3 is 0 Å². The van der Waals surface area contributed by atoms with Crippen molar-refractivity contribution in [3.05, 3.63) is 0 Å². The van der Waals surface area contributed by atoms with Crippen molar-refractivity contribution in [1.82, 2.24) is 0 Å². The van der Waals surface area contributed by atoms with E-state index in [0.717, 1.165) is 18.8 Å². The van der Waals surface area contributed by atoms with Crippen LogP contribution in [0.3, 0.4) is 0 Å². The van der Waals surface area contributed by atoms with Gasteiger partial charge in [0.1, 0.15) is 0 Å². The van der Waals surface area contributed by atoms with Crippen LogP contribution in [0.5, 0.6) is 0 Å². The molecule has 0 unspecified atom stereocenters. The molecule has 1 saturated carbocycles. The summed E-state index contributed by atoms with van der Waals surface area (Å²) >= 11 is 0. The molecule has 56 valence electrons. The third-order valence-corrected chi connectivity index (χ3v) is 2.61. The summed E-state index contributed by atoms with van der Waals surface area (Å²) < 4.78 is 0. The minimum absolute atomic E-state index is 0.378. The van der Waals surface area contributed by atoms with E-state index < -0.39 is 0 Å². The molecule has 0 amide bonds. The Morgan fingerprint density at radius 3 is 2.30 bits per heavy atom. The van der Waals surface area contributed by atoms with Crippen LogP contribution in [0.2, 0.25) is 0 Å². The number of nitrogens with zero attached hydrogens (tertiary/aromatic N) is 1. The average molecular weight is 137 g/mol. The lowest BCUT2D eigenvalue weighted by Gasteiger charge is -2.22. The third-order valence-electron chi connectivity index (χ3n) is 2.61. The minimum Gasteiger partial charge on any atom is -0.198 e. The summed E-state index contributed by atoms with van der Waals surface area (Å²) in [6.45, 7) is 2.25. The largest absolute Gasteiger partial charge is 0.198 e. The van der Waals surface area contributed by atoms with Crippen LogP contribution >= 0.6 is 0 Å². The smallest absolute Gasteiger partial charge is 0.0655 e. The van der Waals surface area contributed by atoms with Gasteiger partial charge in [-0.25, -0.2) is 0 Å². The molecule has 0 bridgehead atoms. The van der Waals surface area contributed by atoms with Crippen LogP contribution in [0.25, 0.3) is 0 Å². The monoisotopic (exact) mass is 137 g/mol. The molecule has 0 heterocycles. The molecule has 0 spiro atoms. The Bertz CT molecular complexity index is 126. The SMILES string of the molecule is CC[C@H]1CC[C@@H](C#N)CC1. The van der Waals surface area contributed by atoms with Crippen molar-refractivity contribution in [2.45, 2.75) is 39.0 Å². The summed E-state index contributed by atoms with van der Waals surface area (Å²) in [5.41, 5.74) is 0. The van der Waals surface area contributed by atoms with E-state index in [1.807, 2.05) is 0 Å². The van der Waals surface area contributed by atoms with Gasteiger partial charge in [-0.05, 0) is 31.6 Å². The molecule has 1 aliphatic rings. The van der Waals surface area contributed by atoms with E-state index in [1.165, 1.54) is 19.3 Å². The highest BCUT2D eigenvalue weighted by Gasteiger charge is 2.18. The molecule has 0 aromatic heterocycles. The topological polar surface area (TPSA) is 23.8 Å². The molecular formula is C9H15N. The highest BCUT2D eigenvalue weighted by molar-refractivity contribution is 4.86. The molecule has 0 radical (unpaired) electrons. The van der Waals surface area contributed by atoms with Gasteiger partial charge in [0, 0.05) is 5.92 Å². The van der Waals surface area contributed by atoms with Crippen LogP contribution < -0.4 is 0 Å². The predicted octanol–water partition coefficient (Wildman–Crippen LogP) is 2.73. The van der Waals surface area contributed by atoms with E-state index in [4.69, 9.17) is 5.26 Å². The highest BCUT2D eigenvalue weighted by atomic mass is 14.3. The van der Waals surface area contributed by atoms with E-state index in [-0.39, 0.29) is 0 Å². The van der Waals surface area contributed by atoms with Gasteiger partial charge >= 0.3 is 0 Å². The van der Waals surface area contributed by atoms with Gasteiger partial charge in [0.05, 0.1) is 6.07 Å². The second-order valence-electron chi connectivity index (χ2n) is 3.25. The Labute approximate surface area is 63.0 Å². The molecule has 1 aliphatic carbocycles. The quantitative estimate of drug-likeness (QED) is 0.545. The molecular weight excluding hydrogens is 122 g/mol. The molecule has 0 aromatic carbocycles. The molecule has 1 rings (SSSR count). The highest BCUT2D eigenvalue weighted by Crippen LogP contribution is 2.29. The number of nitriles is 1. The van der Waals surface area contributed by atoms with Gasteiger partial charge in [-0.2, -0.15) is 5.26 Å². The van der Waals surface area contributed by atoms with Crippen molar-refractivity contribution in [3.8, 4) is 6.07 Å². The summed E-state index contributed by atoms with van der Waals surface area (Å²) in [6.07, 6.45) is 6.17. The van der Waals surface area contributed by atoms with Crippen molar-refractivity contribution in [3.63, 3.8) is 0 Å². The van der Waals surface area contributed by atoms with Crippen molar-refractivity contribution < 1.29 is 0 Å². The molecule has 0 aliphatic heterocycles. The predicted molar refractivity (Wildman–Crippen MR) is 41.4 cm³/mol. The standard InChI is InChI=1S/C9H15N/c1-2-8-3-5-9(7-10)6-4-8/h8-9H,2-6H2,1H3/t8-,9+. The molecule has 0 N–H and O–H groups in total. The van der Waals surface area contributed by atoms with Gasteiger partial charge in [0.2, 0.25) is 0 Å². The summed E-state index contributed by atoms with van der Waals surface area (Å²) in [7, 11) is 0. The zero-order chi connectivity index (χ0) is 7.40. The fraction of sp³-hybridized carbons (Fsp3) is 0.889. The normalized spacial score (nSPS) is 33.2. The lowest BCUT2D eigenvalue weighted by atomic mass is 9.82. The number of hydrogen-bond acceptors (Lipinski definition) is 1. The zero-order valence-electron chi connectivity index (χ0n) is 6.64. The van der Waals surface area contributed by atoms with Crippen molar-refractivity contribution in [2.75, 3.05) is 0 Å². The van der Waals surface area contributed by atoms with Gasteiger partial charge in [-0.15, -0.1) is 0 Å². The van der Waals surface area contributed by atoms with Gasteiger partial charge in [0.25, 0.3) is 0 Å². The first-order valence-corrected chi connectivity index (χ1v) is 4.26. The Hall–Kier alpha value is -0.510. The van der Waals surface area contributed by atoms with Crippen LogP contribution in [0.4, 0.5) is 0 Å². The van der Waals surface area contributed by atoms with E-state index in [9.17, 15) is 0 Å². The van der Waals surface area contributed by atoms with Gasteiger partial charge in [-0.3, -0.25) is 0 Å². The molecule has 10 heavy (non-hydrogen) atoms. The Balaban J connectivity index is 2.25. The summed E-state index contributed by atoms with van der Waals surface area (Å²) in [5, 5.41) is 8.60. The van der Waals surface area contributed by atoms with E-state index in [0.29, 0.717) is 5.92 Å². The van der Waals surface area contributed by atoms with E-state index >= 15 is 0 Å². The summed E-state index contributed by atoms with van der Waals surface area (Å²) in [6, 6.07) is 2.35. The van der Waals surface area contributed by atoms with Crippen LogP contribution in [0.15, 0.2) is 0 Å². The van der Waals surface area contributed by atoms with E-state index in [2.05, 4.69) is 13.0 Å². The minimum atomic E-state index is 0.378. The first-order valence-electron chi connectivity index (χ1n) is 4.26. The number of hydrogen-bond donors (Lipinski definition) is 0. The molecule has 1 heteroatoms.